The Balaban J connectivity index is 1.74. The van der Waals surface area contributed by atoms with E-state index in [9.17, 15) is 14.4 Å². The van der Waals surface area contributed by atoms with Crippen LogP contribution in [0.1, 0.15) is 80.1 Å². The van der Waals surface area contributed by atoms with E-state index in [2.05, 4.69) is 37.7 Å². The number of carbonyl (C=O) groups is 3. The number of benzene rings is 1. The Kier molecular flexibility index (Phi) is 8.00. The number of ketones is 1. The Labute approximate surface area is 251 Å². The number of pyridine rings is 1. The Morgan fingerprint density at radius 2 is 1.86 bits per heavy atom. The minimum atomic E-state index is -0.653. The SMILES string of the molecule is COc1ccc(-c2ccc(C)c(C(=O)NSC)n2)c(C)c1[C@H]1C2=C(CC(C)(C)CC2=O)OC2=C1C(=O)NC(C(C)C)C2. The normalized spacial score (nSPS) is 21.5. The van der Waals surface area contributed by atoms with Gasteiger partial charge in [0.05, 0.1) is 24.3 Å². The van der Waals surface area contributed by atoms with Crippen LogP contribution in [0.2, 0.25) is 0 Å². The lowest BCUT2D eigenvalue weighted by molar-refractivity contribution is -0.120. The molecule has 0 saturated carbocycles. The number of ether oxygens (including phenoxy) is 2. The van der Waals surface area contributed by atoms with Crippen LogP contribution in [0.15, 0.2) is 46.9 Å². The van der Waals surface area contributed by atoms with Gasteiger partial charge in [-0.25, -0.2) is 4.98 Å². The summed E-state index contributed by atoms with van der Waals surface area (Å²) < 4.78 is 15.1. The number of methoxy groups -OCH3 is 1. The molecule has 5 rings (SSSR count). The minimum absolute atomic E-state index is 0.0204. The number of rotatable bonds is 6. The monoisotopic (exact) mass is 589 g/mol. The lowest BCUT2D eigenvalue weighted by Gasteiger charge is -2.42. The molecule has 8 nitrogen and oxygen atoms in total. The van der Waals surface area contributed by atoms with Crippen molar-refractivity contribution < 1.29 is 23.9 Å². The highest BCUT2D eigenvalue weighted by atomic mass is 32.2. The quantitative estimate of drug-likeness (QED) is 0.402. The molecule has 0 spiro atoms. The number of aromatic nitrogens is 1. The Morgan fingerprint density at radius 1 is 1.12 bits per heavy atom. The Morgan fingerprint density at radius 3 is 2.52 bits per heavy atom. The number of nitrogens with zero attached hydrogens (tertiary/aromatic N) is 1. The predicted molar refractivity (Wildman–Crippen MR) is 164 cm³/mol. The smallest absolute Gasteiger partial charge is 0.279 e. The van der Waals surface area contributed by atoms with E-state index in [0.29, 0.717) is 59.1 Å². The molecule has 0 saturated heterocycles. The van der Waals surface area contributed by atoms with Gasteiger partial charge >= 0.3 is 0 Å². The number of amides is 2. The molecular formula is C33H39N3O5S. The molecule has 42 heavy (non-hydrogen) atoms. The van der Waals surface area contributed by atoms with Crippen LogP contribution in [0.5, 0.6) is 5.75 Å². The van der Waals surface area contributed by atoms with Gasteiger partial charge in [0.15, 0.2) is 5.78 Å². The molecule has 1 unspecified atom stereocenters. The van der Waals surface area contributed by atoms with Gasteiger partial charge in [-0.05, 0) is 54.5 Å². The van der Waals surface area contributed by atoms with Gasteiger partial charge in [-0.2, -0.15) is 0 Å². The van der Waals surface area contributed by atoms with E-state index in [-0.39, 0.29) is 35.0 Å². The van der Waals surface area contributed by atoms with Crippen LogP contribution >= 0.6 is 11.9 Å². The van der Waals surface area contributed by atoms with E-state index in [0.717, 1.165) is 22.3 Å². The number of Topliss-reactive ketones (excluding diaryl/α,β-unsaturated/α-hetero) is 1. The molecule has 2 aromatic rings. The fraction of sp³-hybridized carbons (Fsp3) is 0.455. The molecule has 222 valence electrons. The second-order valence-corrected chi connectivity index (χ2v) is 13.1. The molecule has 2 aliphatic heterocycles. The van der Waals surface area contributed by atoms with Crippen LogP contribution in [-0.4, -0.2) is 42.0 Å². The number of hydrogen-bond acceptors (Lipinski definition) is 7. The number of carbonyl (C=O) groups excluding carboxylic acids is 3. The first-order valence-corrected chi connectivity index (χ1v) is 15.6. The first kappa shape index (κ1) is 29.9. The van der Waals surface area contributed by atoms with Crippen molar-refractivity contribution in [2.45, 2.75) is 72.8 Å². The highest BCUT2D eigenvalue weighted by Gasteiger charge is 2.48. The molecule has 2 amide bonds. The maximum Gasteiger partial charge on any atom is 0.279 e. The van der Waals surface area contributed by atoms with Crippen LogP contribution in [0.3, 0.4) is 0 Å². The molecule has 2 N–H and O–H groups in total. The van der Waals surface area contributed by atoms with Gasteiger partial charge in [-0.15, -0.1) is 0 Å². The first-order valence-electron chi connectivity index (χ1n) is 14.3. The molecule has 0 bridgehead atoms. The molecule has 0 radical (unpaired) electrons. The lowest BCUT2D eigenvalue weighted by atomic mass is 9.68. The van der Waals surface area contributed by atoms with Crippen molar-refractivity contribution in [1.29, 1.82) is 0 Å². The number of nitrogens with one attached hydrogen (secondary N) is 2. The number of allylic oxidation sites excluding steroid dienone is 2. The van der Waals surface area contributed by atoms with Crippen LogP contribution in [-0.2, 0) is 14.3 Å². The molecule has 0 fully saturated rings. The standard InChI is InChI=1S/C33H39N3O5S/c1-16(2)21-13-24-28(31(38)35-21)29(27-22(37)14-33(5,6)15-25(27)41-24)26-18(4)19(10-12-23(26)40-7)20-11-9-17(3)30(34-20)32(39)36-42-8/h9-12,16,21,29H,13-15H2,1-8H3,(H,35,38)(H,36,39)/t21?,29-/m0/s1. The van der Waals surface area contributed by atoms with Crippen LogP contribution < -0.4 is 14.8 Å². The average molecular weight is 590 g/mol. The summed E-state index contributed by atoms with van der Waals surface area (Å²) in [6, 6.07) is 7.47. The third-order valence-corrected chi connectivity index (χ3v) is 8.93. The summed E-state index contributed by atoms with van der Waals surface area (Å²) in [6.07, 6.45) is 3.30. The number of hydrogen-bond donors (Lipinski definition) is 2. The topological polar surface area (TPSA) is 107 Å². The van der Waals surface area contributed by atoms with E-state index < -0.39 is 5.92 Å². The highest BCUT2D eigenvalue weighted by Crippen LogP contribution is 2.53. The summed E-state index contributed by atoms with van der Waals surface area (Å²) in [4.78, 5) is 45.2. The van der Waals surface area contributed by atoms with Crippen LogP contribution in [0, 0.1) is 25.2 Å². The third kappa shape index (κ3) is 5.23. The van der Waals surface area contributed by atoms with Crippen molar-refractivity contribution in [2.75, 3.05) is 13.4 Å². The van der Waals surface area contributed by atoms with Crippen molar-refractivity contribution in [3.8, 4) is 17.0 Å². The third-order valence-electron chi connectivity index (χ3n) is 8.54. The molecule has 1 aromatic heterocycles. The van der Waals surface area contributed by atoms with Gasteiger partial charge < -0.3 is 14.8 Å². The average Bonchev–Trinajstić information content (AvgIpc) is 2.91. The lowest BCUT2D eigenvalue weighted by Crippen LogP contribution is -2.47. The van der Waals surface area contributed by atoms with E-state index in [1.165, 1.54) is 11.9 Å². The molecule has 1 aliphatic carbocycles. The van der Waals surface area contributed by atoms with E-state index in [4.69, 9.17) is 14.5 Å². The minimum Gasteiger partial charge on any atom is -0.496 e. The van der Waals surface area contributed by atoms with Crippen molar-refractivity contribution in [3.05, 3.63) is 69.3 Å². The fourth-order valence-corrected chi connectivity index (χ4v) is 6.65. The van der Waals surface area contributed by atoms with Crippen LogP contribution in [0.4, 0.5) is 0 Å². The second-order valence-electron chi connectivity index (χ2n) is 12.5. The molecule has 3 heterocycles. The van der Waals surface area contributed by atoms with Crippen LogP contribution in [0.25, 0.3) is 11.3 Å². The highest BCUT2D eigenvalue weighted by molar-refractivity contribution is 7.97. The van der Waals surface area contributed by atoms with E-state index in [1.54, 1.807) is 13.4 Å². The Hall–Kier alpha value is -3.59. The summed E-state index contributed by atoms with van der Waals surface area (Å²) in [7, 11) is 1.60. The van der Waals surface area contributed by atoms with Gasteiger partial charge in [0.25, 0.3) is 11.8 Å². The van der Waals surface area contributed by atoms with Crippen molar-refractivity contribution in [3.63, 3.8) is 0 Å². The summed E-state index contributed by atoms with van der Waals surface area (Å²) in [6.45, 7) is 12.1. The van der Waals surface area contributed by atoms with Gasteiger partial charge in [0, 0.05) is 48.3 Å². The summed E-state index contributed by atoms with van der Waals surface area (Å²) in [5.74, 6) is 0.904. The molecule has 2 atom stereocenters. The maximum atomic E-state index is 13.9. The summed E-state index contributed by atoms with van der Waals surface area (Å²) >= 11 is 1.22. The molecular weight excluding hydrogens is 550 g/mol. The maximum absolute atomic E-state index is 13.9. The van der Waals surface area contributed by atoms with Gasteiger partial charge in [-0.1, -0.05) is 45.7 Å². The summed E-state index contributed by atoms with van der Waals surface area (Å²) in [5.41, 5.74) is 4.82. The molecule has 1 aromatic carbocycles. The van der Waals surface area contributed by atoms with Gasteiger partial charge in [-0.3, -0.25) is 19.1 Å². The van der Waals surface area contributed by atoms with E-state index in [1.807, 2.05) is 38.1 Å². The van der Waals surface area contributed by atoms with E-state index >= 15 is 0 Å². The second kappa shape index (κ2) is 11.2. The first-order chi connectivity index (χ1) is 19.9. The largest absolute Gasteiger partial charge is 0.496 e. The summed E-state index contributed by atoms with van der Waals surface area (Å²) in [5, 5.41) is 3.17. The van der Waals surface area contributed by atoms with Crippen molar-refractivity contribution in [2.24, 2.45) is 11.3 Å². The predicted octanol–water partition coefficient (Wildman–Crippen LogP) is 5.94. The van der Waals surface area contributed by atoms with Crippen molar-refractivity contribution in [1.82, 2.24) is 15.0 Å². The zero-order valence-corrected chi connectivity index (χ0v) is 26.4. The van der Waals surface area contributed by atoms with Crippen molar-refractivity contribution >= 4 is 29.5 Å². The zero-order valence-electron chi connectivity index (χ0n) is 25.6. The fourth-order valence-electron chi connectivity index (χ4n) is 6.36. The van der Waals surface area contributed by atoms with Gasteiger partial charge in [0.2, 0.25) is 0 Å². The Bertz CT molecular complexity index is 1550. The van der Waals surface area contributed by atoms with Gasteiger partial charge in [0.1, 0.15) is 23.0 Å². The number of aryl methyl sites for hydroxylation is 1. The zero-order chi connectivity index (χ0) is 30.5. The molecule has 9 heteroatoms. The molecule has 3 aliphatic rings.